The van der Waals surface area contributed by atoms with E-state index in [0.29, 0.717) is 0 Å². The Morgan fingerprint density at radius 3 is 2.78 bits per heavy atom. The Labute approximate surface area is 142 Å². The van der Waals surface area contributed by atoms with Crippen molar-refractivity contribution in [1.29, 1.82) is 0 Å². The third-order valence-corrected chi connectivity index (χ3v) is 6.56. The zero-order valence-corrected chi connectivity index (χ0v) is 14.1. The molecule has 2 heterocycles. The highest BCUT2D eigenvalue weighted by molar-refractivity contribution is 7.17. The van der Waals surface area contributed by atoms with E-state index in [1.54, 1.807) is 22.7 Å². The molecule has 0 radical (unpaired) electrons. The first-order valence-electron chi connectivity index (χ1n) is 7.67. The third kappa shape index (κ3) is 2.59. The lowest BCUT2D eigenvalue weighted by Crippen LogP contribution is -2.36. The largest absolute Gasteiger partial charge is 0.387 e. The summed E-state index contributed by atoms with van der Waals surface area (Å²) in [5, 5.41) is 18.5. The number of aliphatic hydroxyl groups is 1. The fourth-order valence-electron chi connectivity index (χ4n) is 2.99. The number of fused-ring (bicyclic) bond motifs is 1. The summed E-state index contributed by atoms with van der Waals surface area (Å²) in [7, 11) is 0. The van der Waals surface area contributed by atoms with E-state index in [2.05, 4.69) is 5.32 Å². The van der Waals surface area contributed by atoms with Crippen molar-refractivity contribution in [1.82, 2.24) is 5.32 Å². The van der Waals surface area contributed by atoms with E-state index < -0.39 is 6.10 Å². The lowest BCUT2D eigenvalue weighted by molar-refractivity contribution is -0.124. The molecule has 1 aliphatic carbocycles. The molecule has 1 amide bonds. The number of aliphatic hydroxyl groups excluding tert-OH is 1. The van der Waals surface area contributed by atoms with Gasteiger partial charge in [-0.25, -0.2) is 0 Å². The molecule has 1 fully saturated rings. The van der Waals surface area contributed by atoms with Crippen LogP contribution < -0.4 is 5.32 Å². The van der Waals surface area contributed by atoms with Crippen molar-refractivity contribution in [2.75, 3.05) is 6.54 Å². The van der Waals surface area contributed by atoms with Crippen molar-refractivity contribution < 1.29 is 9.90 Å². The molecule has 0 saturated heterocycles. The Hall–Kier alpha value is -1.69. The maximum atomic E-state index is 12.6. The SMILES string of the molecule is O=C(NCC(O)c1csc2ccccc12)C1(c2cccs2)CC1. The van der Waals surface area contributed by atoms with Crippen LogP contribution in [-0.4, -0.2) is 17.6 Å². The standard InChI is InChI=1S/C18H17NO2S2/c20-14(13-11-23-15-5-2-1-4-12(13)15)10-19-17(21)18(7-8-18)16-6-3-9-22-16/h1-6,9,11,14,20H,7-8,10H2,(H,19,21). The average molecular weight is 343 g/mol. The van der Waals surface area contributed by atoms with Gasteiger partial charge < -0.3 is 10.4 Å². The van der Waals surface area contributed by atoms with Gasteiger partial charge in [-0.1, -0.05) is 24.3 Å². The molecular weight excluding hydrogens is 326 g/mol. The topological polar surface area (TPSA) is 49.3 Å². The molecule has 1 unspecified atom stereocenters. The Morgan fingerprint density at radius 1 is 1.22 bits per heavy atom. The molecule has 0 spiro atoms. The highest BCUT2D eigenvalue weighted by Crippen LogP contribution is 2.50. The van der Waals surface area contributed by atoms with Crippen LogP contribution in [0.15, 0.2) is 47.2 Å². The van der Waals surface area contributed by atoms with Crippen LogP contribution in [0.25, 0.3) is 10.1 Å². The van der Waals surface area contributed by atoms with Crippen LogP contribution in [0.3, 0.4) is 0 Å². The molecule has 118 valence electrons. The summed E-state index contributed by atoms with van der Waals surface area (Å²) in [5.41, 5.74) is 0.553. The van der Waals surface area contributed by atoms with Crippen molar-refractivity contribution in [3.05, 3.63) is 57.6 Å². The summed E-state index contributed by atoms with van der Waals surface area (Å²) < 4.78 is 1.16. The van der Waals surface area contributed by atoms with Crippen LogP contribution in [0.5, 0.6) is 0 Å². The van der Waals surface area contributed by atoms with Gasteiger partial charge >= 0.3 is 0 Å². The summed E-state index contributed by atoms with van der Waals surface area (Å²) in [6, 6.07) is 12.0. The first-order valence-corrected chi connectivity index (χ1v) is 9.43. The minimum absolute atomic E-state index is 0.0403. The second kappa shape index (κ2) is 5.74. The number of amides is 1. The molecule has 2 N–H and O–H groups in total. The van der Waals surface area contributed by atoms with E-state index in [9.17, 15) is 9.90 Å². The summed E-state index contributed by atoms with van der Waals surface area (Å²) in [4.78, 5) is 13.7. The molecular formula is C18H17NO2S2. The molecule has 1 aliphatic rings. The Morgan fingerprint density at radius 2 is 2.04 bits per heavy atom. The molecule has 1 atom stereocenters. The van der Waals surface area contributed by atoms with E-state index in [-0.39, 0.29) is 17.9 Å². The van der Waals surface area contributed by atoms with E-state index in [0.717, 1.165) is 33.4 Å². The van der Waals surface area contributed by atoms with Crippen molar-refractivity contribution in [3.8, 4) is 0 Å². The summed E-state index contributed by atoms with van der Waals surface area (Å²) in [6.45, 7) is 0.257. The summed E-state index contributed by atoms with van der Waals surface area (Å²) in [5.74, 6) is 0.0403. The Balaban J connectivity index is 1.46. The smallest absolute Gasteiger partial charge is 0.231 e. The van der Waals surface area contributed by atoms with Gasteiger partial charge in [-0.2, -0.15) is 0 Å². The molecule has 1 aromatic carbocycles. The quantitative estimate of drug-likeness (QED) is 0.739. The molecule has 3 nitrogen and oxygen atoms in total. The van der Waals surface area contributed by atoms with Crippen molar-refractivity contribution in [2.24, 2.45) is 0 Å². The number of nitrogens with one attached hydrogen (secondary N) is 1. The predicted octanol–water partition coefficient (Wildman–Crippen LogP) is 3.84. The second-order valence-corrected chi connectivity index (χ2v) is 7.83. The van der Waals surface area contributed by atoms with Gasteiger partial charge in [0.15, 0.2) is 0 Å². The molecule has 23 heavy (non-hydrogen) atoms. The maximum Gasteiger partial charge on any atom is 0.231 e. The van der Waals surface area contributed by atoms with Crippen LogP contribution in [0.2, 0.25) is 0 Å². The zero-order valence-electron chi connectivity index (χ0n) is 12.5. The number of hydrogen-bond acceptors (Lipinski definition) is 4. The van der Waals surface area contributed by atoms with E-state index in [1.165, 1.54) is 0 Å². The van der Waals surface area contributed by atoms with E-state index in [4.69, 9.17) is 0 Å². The first kappa shape index (κ1) is 14.9. The van der Waals surface area contributed by atoms with Crippen LogP contribution in [-0.2, 0) is 10.2 Å². The number of carbonyl (C=O) groups is 1. The number of thiophene rings is 2. The van der Waals surface area contributed by atoms with Gasteiger partial charge in [-0.05, 0) is 41.1 Å². The number of benzene rings is 1. The number of rotatable bonds is 5. The lowest BCUT2D eigenvalue weighted by atomic mass is 10.0. The predicted molar refractivity (Wildman–Crippen MR) is 95.0 cm³/mol. The van der Waals surface area contributed by atoms with Crippen LogP contribution in [0, 0.1) is 0 Å². The van der Waals surface area contributed by atoms with Crippen molar-refractivity contribution >= 4 is 38.7 Å². The minimum atomic E-state index is -0.672. The van der Waals surface area contributed by atoms with Gasteiger partial charge in [0.2, 0.25) is 5.91 Å². The molecule has 3 aromatic rings. The molecule has 0 bridgehead atoms. The monoisotopic (exact) mass is 343 g/mol. The van der Waals surface area contributed by atoms with Crippen LogP contribution in [0.4, 0.5) is 0 Å². The molecule has 2 aromatic heterocycles. The van der Waals surface area contributed by atoms with Gasteiger partial charge in [0.05, 0.1) is 11.5 Å². The zero-order chi connectivity index (χ0) is 15.9. The van der Waals surface area contributed by atoms with Gasteiger partial charge in [0, 0.05) is 21.7 Å². The maximum absolute atomic E-state index is 12.6. The minimum Gasteiger partial charge on any atom is -0.387 e. The third-order valence-electron chi connectivity index (χ3n) is 4.50. The van der Waals surface area contributed by atoms with Crippen molar-refractivity contribution in [3.63, 3.8) is 0 Å². The molecule has 4 rings (SSSR count). The summed E-state index contributed by atoms with van der Waals surface area (Å²) in [6.07, 6.45) is 1.13. The van der Waals surface area contributed by atoms with Crippen LogP contribution in [0.1, 0.15) is 29.4 Å². The molecule has 5 heteroatoms. The molecule has 0 aliphatic heterocycles. The van der Waals surface area contributed by atoms with Crippen molar-refractivity contribution in [2.45, 2.75) is 24.4 Å². The Kier molecular flexibility index (Phi) is 3.71. The van der Waals surface area contributed by atoms with E-state index in [1.807, 2.05) is 47.2 Å². The fraction of sp³-hybridized carbons (Fsp3) is 0.278. The lowest BCUT2D eigenvalue weighted by Gasteiger charge is -2.16. The van der Waals surface area contributed by atoms with Crippen LogP contribution >= 0.6 is 22.7 Å². The number of carbonyl (C=O) groups excluding carboxylic acids is 1. The van der Waals surface area contributed by atoms with Gasteiger partial charge in [0.25, 0.3) is 0 Å². The average Bonchev–Trinajstić information content (AvgIpc) is 3.01. The number of hydrogen-bond donors (Lipinski definition) is 2. The summed E-state index contributed by atoms with van der Waals surface area (Å²) >= 11 is 3.25. The van der Waals surface area contributed by atoms with E-state index >= 15 is 0 Å². The van der Waals surface area contributed by atoms with Gasteiger partial charge in [-0.3, -0.25) is 4.79 Å². The normalized spacial score (nSPS) is 17.1. The highest BCUT2D eigenvalue weighted by atomic mass is 32.1. The first-order chi connectivity index (χ1) is 11.2. The fourth-order valence-corrected chi connectivity index (χ4v) is 4.98. The van der Waals surface area contributed by atoms with Gasteiger partial charge in [0.1, 0.15) is 0 Å². The highest BCUT2D eigenvalue weighted by Gasteiger charge is 2.52. The van der Waals surface area contributed by atoms with Gasteiger partial charge in [-0.15, -0.1) is 22.7 Å². The second-order valence-electron chi connectivity index (χ2n) is 5.97. The Bertz CT molecular complexity index is 834. The molecule has 1 saturated carbocycles.